The van der Waals surface area contributed by atoms with Gasteiger partial charge in [0.25, 0.3) is 0 Å². The predicted octanol–water partition coefficient (Wildman–Crippen LogP) is 8.25. The molecule has 0 radical (unpaired) electrons. The fourth-order valence-corrected chi connectivity index (χ4v) is 6.30. The van der Waals surface area contributed by atoms with Crippen LogP contribution in [0.15, 0.2) is 0 Å². The highest BCUT2D eigenvalue weighted by Crippen LogP contribution is 2.51. The molecule has 0 spiro atoms. The molecule has 0 N–H and O–H groups in total. The highest BCUT2D eigenvalue weighted by molar-refractivity contribution is 4.92. The zero-order valence-electron chi connectivity index (χ0n) is 17.4. The summed E-state index contributed by atoms with van der Waals surface area (Å²) in [6, 6.07) is 0. The van der Waals surface area contributed by atoms with Crippen LogP contribution in [0.2, 0.25) is 0 Å². The zero-order valence-corrected chi connectivity index (χ0v) is 17.4. The Labute approximate surface area is 153 Å². The van der Waals surface area contributed by atoms with E-state index in [2.05, 4.69) is 27.7 Å². The summed E-state index contributed by atoms with van der Waals surface area (Å²) in [5.41, 5.74) is 0. The Hall–Kier alpha value is 0. The van der Waals surface area contributed by atoms with Crippen LogP contribution in [0, 0.1) is 35.5 Å². The molecule has 2 rings (SSSR count). The molecule has 0 saturated heterocycles. The van der Waals surface area contributed by atoms with Crippen molar-refractivity contribution in [2.75, 3.05) is 0 Å². The van der Waals surface area contributed by atoms with E-state index in [9.17, 15) is 0 Å². The molecule has 2 aliphatic carbocycles. The molecule has 0 heterocycles. The van der Waals surface area contributed by atoms with Crippen molar-refractivity contribution in [2.24, 2.45) is 35.5 Å². The summed E-state index contributed by atoms with van der Waals surface area (Å²) >= 11 is 0. The Bertz CT molecular complexity index is 320. The van der Waals surface area contributed by atoms with Crippen LogP contribution < -0.4 is 0 Å². The third-order valence-corrected chi connectivity index (χ3v) is 7.69. The van der Waals surface area contributed by atoms with Gasteiger partial charge in [0.15, 0.2) is 0 Å². The van der Waals surface area contributed by atoms with E-state index in [0.717, 1.165) is 35.5 Å². The number of hydrogen-bond acceptors (Lipinski definition) is 0. The minimum Gasteiger partial charge on any atom is -0.0654 e. The lowest BCUT2D eigenvalue weighted by atomic mass is 9.56. The molecule has 24 heavy (non-hydrogen) atoms. The van der Waals surface area contributed by atoms with Gasteiger partial charge >= 0.3 is 0 Å². The molecule has 0 aromatic rings. The first-order valence-electron chi connectivity index (χ1n) is 11.7. The molecular weight excluding hydrogens is 288 g/mol. The maximum atomic E-state index is 2.59. The topological polar surface area (TPSA) is 0 Å². The summed E-state index contributed by atoms with van der Waals surface area (Å²) in [5.74, 6) is 6.24. The molecule has 6 unspecified atom stereocenters. The lowest BCUT2D eigenvalue weighted by Crippen LogP contribution is -2.41. The third-order valence-electron chi connectivity index (χ3n) is 7.69. The minimum absolute atomic E-state index is 0.995. The van der Waals surface area contributed by atoms with E-state index < -0.39 is 0 Å². The molecule has 0 nitrogen and oxygen atoms in total. The lowest BCUT2D eigenvalue weighted by molar-refractivity contribution is 0.00546. The van der Waals surface area contributed by atoms with Crippen LogP contribution in [-0.4, -0.2) is 0 Å². The van der Waals surface area contributed by atoms with E-state index >= 15 is 0 Å². The van der Waals surface area contributed by atoms with Crippen molar-refractivity contribution in [1.82, 2.24) is 0 Å². The highest BCUT2D eigenvalue weighted by atomic mass is 14.5. The quantitative estimate of drug-likeness (QED) is 0.353. The number of fused-ring (bicyclic) bond motifs is 1. The molecule has 2 aliphatic rings. The average molecular weight is 335 g/mol. The van der Waals surface area contributed by atoms with Gasteiger partial charge in [-0.15, -0.1) is 0 Å². The summed E-state index contributed by atoms with van der Waals surface area (Å²) in [7, 11) is 0. The van der Waals surface area contributed by atoms with Gasteiger partial charge in [0.1, 0.15) is 0 Å². The fourth-order valence-electron chi connectivity index (χ4n) is 6.30. The van der Waals surface area contributed by atoms with E-state index in [0.29, 0.717) is 0 Å². The van der Waals surface area contributed by atoms with E-state index in [1.54, 1.807) is 19.3 Å². The van der Waals surface area contributed by atoms with Crippen molar-refractivity contribution in [2.45, 2.75) is 118 Å². The molecule has 6 atom stereocenters. The monoisotopic (exact) mass is 334 g/mol. The Morgan fingerprint density at radius 2 is 1.50 bits per heavy atom. The molecule has 2 fully saturated rings. The minimum atomic E-state index is 0.995. The van der Waals surface area contributed by atoms with Gasteiger partial charge in [-0.25, -0.2) is 0 Å². The van der Waals surface area contributed by atoms with Crippen LogP contribution in [0.3, 0.4) is 0 Å². The van der Waals surface area contributed by atoms with Crippen LogP contribution in [-0.2, 0) is 0 Å². The van der Waals surface area contributed by atoms with Gasteiger partial charge in [0, 0.05) is 0 Å². The van der Waals surface area contributed by atoms with Crippen molar-refractivity contribution < 1.29 is 0 Å². The highest BCUT2D eigenvalue weighted by Gasteiger charge is 2.42. The second kappa shape index (κ2) is 10.9. The van der Waals surface area contributed by atoms with Crippen LogP contribution in [0.5, 0.6) is 0 Å². The summed E-state index contributed by atoms with van der Waals surface area (Å²) in [6.45, 7) is 9.88. The van der Waals surface area contributed by atoms with Crippen LogP contribution in [0.4, 0.5) is 0 Å². The predicted molar refractivity (Wildman–Crippen MR) is 108 cm³/mol. The largest absolute Gasteiger partial charge is 0.0654 e. The van der Waals surface area contributed by atoms with E-state index in [1.165, 1.54) is 70.6 Å². The molecule has 0 bridgehead atoms. The Balaban J connectivity index is 1.79. The molecule has 0 amide bonds. The first-order chi connectivity index (χ1) is 11.7. The van der Waals surface area contributed by atoms with Gasteiger partial charge in [0.2, 0.25) is 0 Å². The summed E-state index contributed by atoms with van der Waals surface area (Å²) in [6.07, 6.45) is 20.9. The fraction of sp³-hybridized carbons (Fsp3) is 1.00. The third kappa shape index (κ3) is 5.77. The molecule has 142 valence electrons. The Morgan fingerprint density at radius 1 is 0.792 bits per heavy atom. The van der Waals surface area contributed by atoms with Crippen molar-refractivity contribution in [3.8, 4) is 0 Å². The van der Waals surface area contributed by atoms with Crippen LogP contribution in [0.25, 0.3) is 0 Å². The van der Waals surface area contributed by atoms with E-state index in [-0.39, 0.29) is 0 Å². The first kappa shape index (κ1) is 20.3. The van der Waals surface area contributed by atoms with Gasteiger partial charge < -0.3 is 0 Å². The first-order valence-corrected chi connectivity index (χ1v) is 11.7. The van der Waals surface area contributed by atoms with Crippen molar-refractivity contribution in [3.05, 3.63) is 0 Å². The second-order valence-corrected chi connectivity index (χ2v) is 9.55. The van der Waals surface area contributed by atoms with Crippen molar-refractivity contribution in [1.29, 1.82) is 0 Å². The average Bonchev–Trinajstić information content (AvgIpc) is 2.58. The van der Waals surface area contributed by atoms with Crippen LogP contribution in [0.1, 0.15) is 118 Å². The lowest BCUT2D eigenvalue weighted by Gasteiger charge is -2.49. The zero-order chi connectivity index (χ0) is 17.4. The van der Waals surface area contributed by atoms with Gasteiger partial charge in [0.05, 0.1) is 0 Å². The van der Waals surface area contributed by atoms with Gasteiger partial charge in [-0.1, -0.05) is 98.3 Å². The van der Waals surface area contributed by atoms with E-state index in [1.807, 2.05) is 0 Å². The molecular formula is C24H46. The summed E-state index contributed by atoms with van der Waals surface area (Å²) < 4.78 is 0. The van der Waals surface area contributed by atoms with Crippen molar-refractivity contribution in [3.63, 3.8) is 0 Å². The maximum absolute atomic E-state index is 2.59. The maximum Gasteiger partial charge on any atom is -0.0329 e. The van der Waals surface area contributed by atoms with Gasteiger partial charge in [-0.05, 0) is 54.8 Å². The Kier molecular flexibility index (Phi) is 9.20. The number of unbranched alkanes of at least 4 members (excludes halogenated alkanes) is 6. The molecule has 2 saturated carbocycles. The molecule has 0 heteroatoms. The molecule has 0 aromatic heterocycles. The summed E-state index contributed by atoms with van der Waals surface area (Å²) in [4.78, 5) is 0. The smallest absolute Gasteiger partial charge is 0.0329 e. The standard InChI is InChI=1S/C24H46/c1-5-7-8-9-10-11-12-13-21(6-2)24-20(4)15-16-22-18-19(3)14-17-23(22)24/h19-24H,5-18H2,1-4H3. The SMILES string of the molecule is CCCCCCCCCC(CC)C1C(C)CCC2CC(C)CCC21. The van der Waals surface area contributed by atoms with E-state index in [4.69, 9.17) is 0 Å². The Morgan fingerprint density at radius 3 is 2.21 bits per heavy atom. The normalized spacial score (nSPS) is 34.8. The number of hydrogen-bond donors (Lipinski definition) is 0. The van der Waals surface area contributed by atoms with Crippen LogP contribution >= 0.6 is 0 Å². The van der Waals surface area contributed by atoms with Gasteiger partial charge in [-0.2, -0.15) is 0 Å². The van der Waals surface area contributed by atoms with Gasteiger partial charge in [-0.3, -0.25) is 0 Å². The molecule has 0 aromatic carbocycles. The summed E-state index contributed by atoms with van der Waals surface area (Å²) in [5, 5.41) is 0. The van der Waals surface area contributed by atoms with Crippen molar-refractivity contribution >= 4 is 0 Å². The molecule has 0 aliphatic heterocycles. The second-order valence-electron chi connectivity index (χ2n) is 9.55. The number of rotatable bonds is 10.